The van der Waals surface area contributed by atoms with Crippen LogP contribution in [0.4, 0.5) is 5.69 Å². The van der Waals surface area contributed by atoms with Crippen LogP contribution in [0.25, 0.3) is 0 Å². The average Bonchev–Trinajstić information content (AvgIpc) is 2.48. The van der Waals surface area contributed by atoms with Gasteiger partial charge in [0.25, 0.3) is 5.69 Å². The van der Waals surface area contributed by atoms with Crippen LogP contribution in [0, 0.1) is 16.0 Å². The molecule has 0 unspecified atom stereocenters. The molecule has 2 rings (SSSR count). The van der Waals surface area contributed by atoms with E-state index in [0.29, 0.717) is 0 Å². The number of amides is 1. The molecule has 0 spiro atoms. The van der Waals surface area contributed by atoms with Crippen molar-refractivity contribution in [2.45, 2.75) is 32.2 Å². The molecular weight excluding hydrogens is 270 g/mol. The number of piperidine rings is 1. The molecule has 1 aromatic carbocycles. The lowest BCUT2D eigenvalue weighted by atomic mass is 9.91. The predicted molar refractivity (Wildman–Crippen MR) is 79.9 cm³/mol. The second kappa shape index (κ2) is 6.22. The number of non-ortho nitro benzene ring substituents is 1. The van der Waals surface area contributed by atoms with Gasteiger partial charge in [-0.05, 0) is 57.5 Å². The molecule has 0 aliphatic carbocycles. The number of hydrogen-bond acceptors (Lipinski definition) is 4. The Morgan fingerprint density at radius 1 is 1.29 bits per heavy atom. The number of nitrogens with one attached hydrogen (secondary N) is 2. The van der Waals surface area contributed by atoms with Crippen LogP contribution in [0.3, 0.4) is 0 Å². The first-order chi connectivity index (χ1) is 9.90. The smallest absolute Gasteiger partial charge is 0.269 e. The van der Waals surface area contributed by atoms with Gasteiger partial charge < -0.3 is 10.6 Å². The highest BCUT2D eigenvalue weighted by molar-refractivity contribution is 5.79. The zero-order valence-corrected chi connectivity index (χ0v) is 12.4. The number of nitro benzene ring substituents is 1. The van der Waals surface area contributed by atoms with Crippen molar-refractivity contribution in [3.05, 3.63) is 39.9 Å². The van der Waals surface area contributed by atoms with Crippen molar-refractivity contribution in [1.29, 1.82) is 0 Å². The summed E-state index contributed by atoms with van der Waals surface area (Å²) >= 11 is 0. The second-order valence-corrected chi connectivity index (χ2v) is 5.94. The summed E-state index contributed by atoms with van der Waals surface area (Å²) in [7, 11) is 0. The Balaban J connectivity index is 2.06. The summed E-state index contributed by atoms with van der Waals surface area (Å²) in [5, 5.41) is 17.0. The number of hydrogen-bond donors (Lipinski definition) is 2. The standard InChI is InChI=1S/C15H21N3O3/c1-15(2,12-3-5-13(6-4-12)18(20)21)17-14(19)11-7-9-16-10-8-11/h3-6,11,16H,7-10H2,1-2H3,(H,17,19). The third-order valence-corrected chi connectivity index (χ3v) is 3.95. The SMILES string of the molecule is CC(C)(NC(=O)C1CCNCC1)c1ccc([N+](=O)[O-])cc1. The molecule has 1 aliphatic heterocycles. The number of nitrogens with zero attached hydrogens (tertiary/aromatic N) is 1. The van der Waals surface area contributed by atoms with Gasteiger partial charge in [0.2, 0.25) is 5.91 Å². The number of nitro groups is 1. The van der Waals surface area contributed by atoms with E-state index in [-0.39, 0.29) is 17.5 Å². The predicted octanol–water partition coefficient (Wildman–Crippen LogP) is 1.95. The van der Waals surface area contributed by atoms with E-state index in [9.17, 15) is 14.9 Å². The van der Waals surface area contributed by atoms with Gasteiger partial charge >= 0.3 is 0 Å². The van der Waals surface area contributed by atoms with Crippen molar-refractivity contribution in [2.75, 3.05) is 13.1 Å². The third-order valence-electron chi connectivity index (χ3n) is 3.95. The molecule has 2 N–H and O–H groups in total. The molecule has 0 saturated carbocycles. The highest BCUT2D eigenvalue weighted by atomic mass is 16.6. The van der Waals surface area contributed by atoms with E-state index < -0.39 is 10.5 Å². The monoisotopic (exact) mass is 291 g/mol. The lowest BCUT2D eigenvalue weighted by molar-refractivity contribution is -0.384. The molecule has 1 aromatic rings. The van der Waals surface area contributed by atoms with Gasteiger partial charge in [0.15, 0.2) is 0 Å². The molecule has 0 aromatic heterocycles. The van der Waals surface area contributed by atoms with Gasteiger partial charge in [0.05, 0.1) is 10.5 Å². The molecule has 1 heterocycles. The van der Waals surface area contributed by atoms with E-state index in [0.717, 1.165) is 31.5 Å². The molecule has 1 amide bonds. The van der Waals surface area contributed by atoms with Crippen LogP contribution in [0.1, 0.15) is 32.3 Å². The maximum absolute atomic E-state index is 12.3. The zero-order valence-electron chi connectivity index (χ0n) is 12.4. The quantitative estimate of drug-likeness (QED) is 0.656. The first-order valence-corrected chi connectivity index (χ1v) is 7.18. The van der Waals surface area contributed by atoms with Crippen molar-refractivity contribution in [3.63, 3.8) is 0 Å². The number of benzene rings is 1. The van der Waals surface area contributed by atoms with Gasteiger partial charge in [0, 0.05) is 18.1 Å². The Bertz CT molecular complexity index is 519. The number of carbonyl (C=O) groups excluding carboxylic acids is 1. The first kappa shape index (κ1) is 15.4. The van der Waals surface area contributed by atoms with Gasteiger partial charge in [-0.3, -0.25) is 14.9 Å². The van der Waals surface area contributed by atoms with Crippen LogP contribution in [-0.2, 0) is 10.3 Å². The van der Waals surface area contributed by atoms with E-state index in [4.69, 9.17) is 0 Å². The molecule has 1 fully saturated rings. The molecule has 6 nitrogen and oxygen atoms in total. The Labute approximate surface area is 124 Å². The van der Waals surface area contributed by atoms with Crippen molar-refractivity contribution in [2.24, 2.45) is 5.92 Å². The average molecular weight is 291 g/mol. The fourth-order valence-corrected chi connectivity index (χ4v) is 2.57. The van der Waals surface area contributed by atoms with E-state index in [2.05, 4.69) is 10.6 Å². The summed E-state index contributed by atoms with van der Waals surface area (Å²) in [6.07, 6.45) is 1.70. The fourth-order valence-electron chi connectivity index (χ4n) is 2.57. The Kier molecular flexibility index (Phi) is 4.57. The van der Waals surface area contributed by atoms with Crippen LogP contribution >= 0.6 is 0 Å². The minimum Gasteiger partial charge on any atom is -0.347 e. The summed E-state index contributed by atoms with van der Waals surface area (Å²) in [4.78, 5) is 22.6. The summed E-state index contributed by atoms with van der Waals surface area (Å²) in [5.41, 5.74) is 0.367. The van der Waals surface area contributed by atoms with Crippen LogP contribution in [0.15, 0.2) is 24.3 Å². The molecule has 0 radical (unpaired) electrons. The Hall–Kier alpha value is -1.95. The fraction of sp³-hybridized carbons (Fsp3) is 0.533. The zero-order chi connectivity index (χ0) is 15.5. The van der Waals surface area contributed by atoms with E-state index in [1.165, 1.54) is 12.1 Å². The van der Waals surface area contributed by atoms with Crippen LogP contribution in [-0.4, -0.2) is 23.9 Å². The summed E-state index contributed by atoms with van der Waals surface area (Å²) in [6.45, 7) is 5.56. The molecule has 1 aliphatic rings. The molecule has 0 atom stereocenters. The minimum atomic E-state index is -0.545. The maximum Gasteiger partial charge on any atom is 0.269 e. The first-order valence-electron chi connectivity index (χ1n) is 7.18. The summed E-state index contributed by atoms with van der Waals surface area (Å²) in [5.74, 6) is 0.100. The molecule has 21 heavy (non-hydrogen) atoms. The molecule has 1 saturated heterocycles. The molecule has 0 bridgehead atoms. The highest BCUT2D eigenvalue weighted by Crippen LogP contribution is 2.24. The summed E-state index contributed by atoms with van der Waals surface area (Å²) in [6, 6.07) is 6.32. The third kappa shape index (κ3) is 3.78. The summed E-state index contributed by atoms with van der Waals surface area (Å²) < 4.78 is 0. The number of carbonyl (C=O) groups is 1. The Morgan fingerprint density at radius 3 is 2.38 bits per heavy atom. The molecule has 6 heteroatoms. The van der Waals surface area contributed by atoms with E-state index in [1.807, 2.05) is 13.8 Å². The lowest BCUT2D eigenvalue weighted by Gasteiger charge is -2.30. The van der Waals surface area contributed by atoms with Crippen molar-refractivity contribution in [3.8, 4) is 0 Å². The van der Waals surface area contributed by atoms with Crippen molar-refractivity contribution >= 4 is 11.6 Å². The van der Waals surface area contributed by atoms with Gasteiger partial charge in [-0.15, -0.1) is 0 Å². The van der Waals surface area contributed by atoms with E-state index >= 15 is 0 Å². The van der Waals surface area contributed by atoms with Gasteiger partial charge in [-0.25, -0.2) is 0 Å². The molecular formula is C15H21N3O3. The normalized spacial score (nSPS) is 16.5. The van der Waals surface area contributed by atoms with E-state index in [1.54, 1.807) is 12.1 Å². The van der Waals surface area contributed by atoms with Crippen molar-refractivity contribution in [1.82, 2.24) is 10.6 Å². The molecule has 114 valence electrons. The number of rotatable bonds is 4. The Morgan fingerprint density at radius 2 is 1.86 bits per heavy atom. The van der Waals surface area contributed by atoms with Gasteiger partial charge in [-0.1, -0.05) is 0 Å². The van der Waals surface area contributed by atoms with Crippen LogP contribution < -0.4 is 10.6 Å². The lowest BCUT2D eigenvalue weighted by Crippen LogP contribution is -2.46. The second-order valence-electron chi connectivity index (χ2n) is 5.94. The van der Waals surface area contributed by atoms with Gasteiger partial charge in [0.1, 0.15) is 0 Å². The topological polar surface area (TPSA) is 84.3 Å². The van der Waals surface area contributed by atoms with Crippen LogP contribution in [0.5, 0.6) is 0 Å². The minimum absolute atomic E-state index is 0.0450. The maximum atomic E-state index is 12.3. The van der Waals surface area contributed by atoms with Crippen molar-refractivity contribution < 1.29 is 9.72 Å². The van der Waals surface area contributed by atoms with Crippen LogP contribution in [0.2, 0.25) is 0 Å². The van der Waals surface area contributed by atoms with Gasteiger partial charge in [-0.2, -0.15) is 0 Å². The highest BCUT2D eigenvalue weighted by Gasteiger charge is 2.28. The largest absolute Gasteiger partial charge is 0.347 e.